The first-order chi connectivity index (χ1) is 18.9. The van der Waals surface area contributed by atoms with Crippen LogP contribution in [0.3, 0.4) is 0 Å². The summed E-state index contributed by atoms with van der Waals surface area (Å²) in [6, 6.07) is 9.89. The molecule has 39 heavy (non-hydrogen) atoms. The van der Waals surface area contributed by atoms with Crippen LogP contribution in [0.2, 0.25) is 5.02 Å². The molecule has 3 amide bonds. The molecule has 1 atom stereocenters. The highest BCUT2D eigenvalue weighted by molar-refractivity contribution is 6.31. The summed E-state index contributed by atoms with van der Waals surface area (Å²) in [7, 11) is 0. The van der Waals surface area contributed by atoms with Crippen molar-refractivity contribution < 1.29 is 33.3 Å². The second-order valence-electron chi connectivity index (χ2n) is 9.06. The fourth-order valence-electron chi connectivity index (χ4n) is 4.37. The summed E-state index contributed by atoms with van der Waals surface area (Å²) in [5, 5.41) is 6.00. The predicted molar refractivity (Wildman–Crippen MR) is 145 cm³/mol. The highest BCUT2D eigenvalue weighted by Crippen LogP contribution is 2.34. The minimum Gasteiger partial charge on any atom is -0.491 e. The molecule has 2 aliphatic rings. The number of amides is 3. The van der Waals surface area contributed by atoms with Gasteiger partial charge in [-0.15, -0.1) is 0 Å². The lowest BCUT2D eigenvalue weighted by molar-refractivity contribution is -0.136. The number of nitrogen functional groups attached to an aromatic ring is 1. The molecule has 210 valence electrons. The van der Waals surface area contributed by atoms with Crippen LogP contribution in [0.5, 0.6) is 5.75 Å². The molecule has 1 fully saturated rings. The van der Waals surface area contributed by atoms with Gasteiger partial charge >= 0.3 is 0 Å². The molecule has 4 rings (SSSR count). The van der Waals surface area contributed by atoms with Gasteiger partial charge in [-0.3, -0.25) is 19.7 Å². The zero-order chi connectivity index (χ0) is 27.6. The molecular weight excluding hydrogens is 528 g/mol. The minimum absolute atomic E-state index is 0.205. The van der Waals surface area contributed by atoms with Gasteiger partial charge in [0.25, 0.3) is 5.91 Å². The van der Waals surface area contributed by atoms with Gasteiger partial charge in [0.05, 0.1) is 39.6 Å². The number of carbonyl (C=O) groups excluding carboxylic acids is 3. The Morgan fingerprint density at radius 2 is 1.62 bits per heavy atom. The first-order valence-corrected chi connectivity index (χ1v) is 13.2. The molecule has 2 aromatic rings. The molecule has 0 saturated carbocycles. The number of hydrogen-bond acceptors (Lipinski definition) is 9. The van der Waals surface area contributed by atoms with Gasteiger partial charge in [-0.25, -0.2) is 0 Å². The van der Waals surface area contributed by atoms with Crippen LogP contribution >= 0.6 is 11.6 Å². The summed E-state index contributed by atoms with van der Waals surface area (Å²) in [6.07, 6.45) is 0.512. The van der Waals surface area contributed by atoms with Crippen molar-refractivity contribution in [3.8, 4) is 5.75 Å². The van der Waals surface area contributed by atoms with E-state index >= 15 is 0 Å². The van der Waals surface area contributed by atoms with Gasteiger partial charge in [0.2, 0.25) is 11.8 Å². The number of ether oxygens (including phenoxy) is 4. The van der Waals surface area contributed by atoms with E-state index in [4.69, 9.17) is 36.3 Å². The molecule has 0 aromatic heterocycles. The third kappa shape index (κ3) is 8.06. The van der Waals surface area contributed by atoms with Crippen molar-refractivity contribution >= 4 is 40.7 Å². The molecule has 2 aromatic carbocycles. The summed E-state index contributed by atoms with van der Waals surface area (Å²) in [6.45, 7) is 3.87. The molecule has 11 nitrogen and oxygen atoms in total. The number of halogens is 1. The maximum absolute atomic E-state index is 13.0. The minimum atomic E-state index is -0.675. The number of nitrogens with zero attached hydrogens (tertiary/aromatic N) is 1. The second kappa shape index (κ2) is 14.1. The standard InChI is InChI=1S/C27H33ClN4O7/c28-18-15-21-22(17-32(27(21)35)24-5-6-25(33)31-26(24)34)23(16-18)30-7-8-36-9-10-37-11-12-38-13-14-39-20-3-1-19(29)2-4-20/h1-4,15-16,24,30H,5-14,17,29H2,(H,31,33,34). The van der Waals surface area contributed by atoms with E-state index in [1.807, 2.05) is 12.1 Å². The van der Waals surface area contributed by atoms with Gasteiger partial charge in [0, 0.05) is 47.0 Å². The molecule has 0 spiro atoms. The quantitative estimate of drug-likeness (QED) is 0.170. The second-order valence-corrected chi connectivity index (χ2v) is 9.50. The number of benzene rings is 2. The van der Waals surface area contributed by atoms with E-state index in [9.17, 15) is 14.4 Å². The third-order valence-electron chi connectivity index (χ3n) is 6.30. The number of hydrogen-bond donors (Lipinski definition) is 3. The Labute approximate surface area is 231 Å². The molecule has 1 unspecified atom stereocenters. The van der Waals surface area contributed by atoms with Crippen molar-refractivity contribution in [2.75, 3.05) is 63.8 Å². The molecule has 4 N–H and O–H groups in total. The third-order valence-corrected chi connectivity index (χ3v) is 6.52. The van der Waals surface area contributed by atoms with Crippen LogP contribution in [0, 0.1) is 0 Å². The van der Waals surface area contributed by atoms with Gasteiger partial charge < -0.3 is 34.9 Å². The molecule has 0 aliphatic carbocycles. The monoisotopic (exact) mass is 560 g/mol. The summed E-state index contributed by atoms with van der Waals surface area (Å²) < 4.78 is 22.2. The van der Waals surface area contributed by atoms with E-state index in [1.165, 1.54) is 4.90 Å². The van der Waals surface area contributed by atoms with Crippen molar-refractivity contribution in [1.29, 1.82) is 0 Å². The Kier molecular flexibility index (Phi) is 10.4. The number of fused-ring (bicyclic) bond motifs is 1. The molecular formula is C27H33ClN4O7. The number of nitrogens with two attached hydrogens (primary N) is 1. The summed E-state index contributed by atoms with van der Waals surface area (Å²) in [5.41, 5.74) is 8.29. The lowest BCUT2D eigenvalue weighted by atomic mass is 10.0. The summed E-state index contributed by atoms with van der Waals surface area (Å²) in [5.74, 6) is -0.283. The fraction of sp³-hybridized carbons (Fsp3) is 0.444. The Bertz CT molecular complexity index is 1160. The molecule has 12 heteroatoms. The van der Waals surface area contributed by atoms with Gasteiger partial charge in [-0.2, -0.15) is 0 Å². The number of imide groups is 1. The number of rotatable bonds is 15. The number of anilines is 2. The van der Waals surface area contributed by atoms with Crippen molar-refractivity contribution in [1.82, 2.24) is 10.2 Å². The fourth-order valence-corrected chi connectivity index (χ4v) is 4.58. The predicted octanol–water partition coefficient (Wildman–Crippen LogP) is 2.22. The van der Waals surface area contributed by atoms with Crippen LogP contribution in [-0.2, 0) is 30.3 Å². The van der Waals surface area contributed by atoms with Crippen molar-refractivity contribution in [3.05, 3.63) is 52.5 Å². The van der Waals surface area contributed by atoms with Crippen LogP contribution in [0.25, 0.3) is 0 Å². The maximum atomic E-state index is 13.0. The topological polar surface area (TPSA) is 141 Å². The highest BCUT2D eigenvalue weighted by atomic mass is 35.5. The Balaban J connectivity index is 1.08. The lowest BCUT2D eigenvalue weighted by Crippen LogP contribution is -2.52. The largest absolute Gasteiger partial charge is 0.491 e. The van der Waals surface area contributed by atoms with E-state index in [2.05, 4.69) is 10.6 Å². The van der Waals surface area contributed by atoms with Crippen LogP contribution in [-0.4, -0.2) is 81.5 Å². The number of carbonyl (C=O) groups is 3. The zero-order valence-corrected chi connectivity index (χ0v) is 22.3. The normalized spacial score (nSPS) is 16.8. The Morgan fingerprint density at radius 1 is 0.949 bits per heavy atom. The molecule has 2 heterocycles. The average Bonchev–Trinajstić information content (AvgIpc) is 3.23. The van der Waals surface area contributed by atoms with Gasteiger partial charge in [-0.1, -0.05) is 11.6 Å². The Hall–Kier alpha value is -3.38. The smallest absolute Gasteiger partial charge is 0.255 e. The van der Waals surface area contributed by atoms with Crippen LogP contribution < -0.4 is 21.1 Å². The Morgan fingerprint density at radius 3 is 2.31 bits per heavy atom. The molecule has 0 radical (unpaired) electrons. The first-order valence-electron chi connectivity index (χ1n) is 12.8. The van der Waals surface area contributed by atoms with Crippen molar-refractivity contribution in [2.24, 2.45) is 0 Å². The molecule has 0 bridgehead atoms. The van der Waals surface area contributed by atoms with Crippen molar-refractivity contribution in [3.63, 3.8) is 0 Å². The van der Waals surface area contributed by atoms with Crippen LogP contribution in [0.4, 0.5) is 11.4 Å². The number of nitrogens with one attached hydrogen (secondary N) is 2. The first kappa shape index (κ1) is 28.6. The zero-order valence-electron chi connectivity index (χ0n) is 21.6. The number of piperidine rings is 1. The summed E-state index contributed by atoms with van der Waals surface area (Å²) >= 11 is 6.26. The average molecular weight is 561 g/mol. The summed E-state index contributed by atoms with van der Waals surface area (Å²) in [4.78, 5) is 38.3. The van der Waals surface area contributed by atoms with Gasteiger partial charge in [0.15, 0.2) is 0 Å². The van der Waals surface area contributed by atoms with E-state index in [0.717, 1.165) is 17.0 Å². The maximum Gasteiger partial charge on any atom is 0.255 e. The molecule has 2 aliphatic heterocycles. The lowest BCUT2D eigenvalue weighted by Gasteiger charge is -2.29. The SMILES string of the molecule is Nc1ccc(OCCOCCOCCOCCNc2cc(Cl)cc3c2CN(C2CCC(=O)NC2=O)C3=O)cc1. The van der Waals surface area contributed by atoms with E-state index in [0.29, 0.717) is 75.5 Å². The molecule has 1 saturated heterocycles. The van der Waals surface area contributed by atoms with Crippen molar-refractivity contribution in [2.45, 2.75) is 25.4 Å². The van der Waals surface area contributed by atoms with E-state index in [1.54, 1.807) is 24.3 Å². The van der Waals surface area contributed by atoms with Crippen LogP contribution in [0.1, 0.15) is 28.8 Å². The highest BCUT2D eigenvalue weighted by Gasteiger charge is 2.40. The van der Waals surface area contributed by atoms with E-state index in [-0.39, 0.29) is 24.8 Å². The van der Waals surface area contributed by atoms with E-state index < -0.39 is 11.9 Å². The van der Waals surface area contributed by atoms with Gasteiger partial charge in [0.1, 0.15) is 18.4 Å². The van der Waals surface area contributed by atoms with Gasteiger partial charge in [-0.05, 0) is 42.8 Å². The van der Waals surface area contributed by atoms with Crippen LogP contribution in [0.15, 0.2) is 36.4 Å².